The monoisotopic (exact) mass is 427 g/mol. The zero-order valence-corrected chi connectivity index (χ0v) is 18.6. The minimum absolute atomic E-state index is 0.0303. The van der Waals surface area contributed by atoms with E-state index in [-0.39, 0.29) is 5.91 Å². The number of rotatable bonds is 8. The van der Waals surface area contributed by atoms with Crippen LogP contribution in [0, 0.1) is 13.8 Å². The smallest absolute Gasteiger partial charge is 0.266 e. The molecule has 1 aliphatic heterocycles. The number of benzene rings is 2. The maximum atomic E-state index is 12.3. The second-order valence-electron chi connectivity index (χ2n) is 6.80. The number of ether oxygens (including phenoxy) is 2. The molecule has 2 aromatic carbocycles. The van der Waals surface area contributed by atoms with E-state index in [0.29, 0.717) is 29.0 Å². The summed E-state index contributed by atoms with van der Waals surface area (Å²) in [5.41, 5.74) is 3.41. The largest absolute Gasteiger partial charge is 0.493 e. The highest BCUT2D eigenvalue weighted by molar-refractivity contribution is 8.26. The van der Waals surface area contributed by atoms with Crippen molar-refractivity contribution in [1.29, 1.82) is 0 Å². The van der Waals surface area contributed by atoms with Crippen LogP contribution in [-0.4, -0.2) is 34.9 Å². The van der Waals surface area contributed by atoms with Gasteiger partial charge in [0.2, 0.25) is 0 Å². The van der Waals surface area contributed by atoms with Gasteiger partial charge in [0.15, 0.2) is 0 Å². The summed E-state index contributed by atoms with van der Waals surface area (Å²) in [4.78, 5) is 14.6. The first-order valence-electron chi connectivity index (χ1n) is 9.66. The van der Waals surface area contributed by atoms with Crippen LogP contribution in [0.25, 0.3) is 6.08 Å². The quantitative estimate of drug-likeness (QED) is 0.322. The Balaban J connectivity index is 1.50. The number of thiocarbonyl (C=S) groups is 1. The predicted molar refractivity (Wildman–Crippen MR) is 124 cm³/mol. The van der Waals surface area contributed by atoms with Crippen LogP contribution in [0.5, 0.6) is 11.5 Å². The summed E-state index contributed by atoms with van der Waals surface area (Å²) in [6, 6.07) is 13.8. The molecule has 4 nitrogen and oxygen atoms in total. The molecule has 0 saturated carbocycles. The lowest BCUT2D eigenvalue weighted by molar-refractivity contribution is -0.121. The van der Waals surface area contributed by atoms with E-state index in [1.165, 1.54) is 22.9 Å². The minimum Gasteiger partial charge on any atom is -0.493 e. The Kier molecular flexibility index (Phi) is 7.34. The molecule has 3 rings (SSSR count). The molecule has 1 saturated heterocycles. The average Bonchev–Trinajstić information content (AvgIpc) is 2.97. The van der Waals surface area contributed by atoms with Gasteiger partial charge in [0.25, 0.3) is 5.91 Å². The first-order valence-corrected chi connectivity index (χ1v) is 10.9. The van der Waals surface area contributed by atoms with Crippen molar-refractivity contribution in [3.8, 4) is 11.5 Å². The zero-order chi connectivity index (χ0) is 20.8. The van der Waals surface area contributed by atoms with Gasteiger partial charge in [-0.3, -0.25) is 9.69 Å². The van der Waals surface area contributed by atoms with Crippen LogP contribution in [0.15, 0.2) is 47.4 Å². The number of nitrogens with zero attached hydrogens (tertiary/aromatic N) is 1. The van der Waals surface area contributed by atoms with Crippen LogP contribution in [0.2, 0.25) is 0 Å². The van der Waals surface area contributed by atoms with Gasteiger partial charge < -0.3 is 9.47 Å². The molecule has 152 valence electrons. The van der Waals surface area contributed by atoms with Gasteiger partial charge in [0, 0.05) is 13.0 Å². The third-order valence-electron chi connectivity index (χ3n) is 4.65. The molecule has 0 unspecified atom stereocenters. The Hall–Kier alpha value is -2.31. The molecule has 0 atom stereocenters. The van der Waals surface area contributed by atoms with Crippen molar-refractivity contribution in [2.24, 2.45) is 0 Å². The summed E-state index contributed by atoms with van der Waals surface area (Å²) in [6.45, 7) is 7.85. The van der Waals surface area contributed by atoms with E-state index >= 15 is 0 Å². The summed E-state index contributed by atoms with van der Waals surface area (Å²) >= 11 is 6.60. The molecule has 6 heteroatoms. The second-order valence-corrected chi connectivity index (χ2v) is 8.47. The molecule has 2 aromatic rings. The van der Waals surface area contributed by atoms with Gasteiger partial charge in [0.05, 0.1) is 18.1 Å². The van der Waals surface area contributed by atoms with Gasteiger partial charge in [-0.15, -0.1) is 0 Å². The van der Waals surface area contributed by atoms with Crippen molar-refractivity contribution in [3.63, 3.8) is 0 Å². The minimum atomic E-state index is -0.0303. The van der Waals surface area contributed by atoms with Gasteiger partial charge in [-0.05, 0) is 67.8 Å². The van der Waals surface area contributed by atoms with Crippen LogP contribution in [0.3, 0.4) is 0 Å². The van der Waals surface area contributed by atoms with E-state index in [1.807, 2.05) is 43.3 Å². The molecular weight excluding hydrogens is 402 g/mol. The van der Waals surface area contributed by atoms with E-state index in [9.17, 15) is 4.79 Å². The molecule has 0 bridgehead atoms. The Morgan fingerprint density at radius 3 is 2.41 bits per heavy atom. The standard InChI is InChI=1S/C23H25NO3S2/c1-4-24-22(25)21(29-23(24)28)15-18-7-5-8-19(14-18)26-11-6-12-27-20-10-9-16(2)17(3)13-20/h5,7-10,13-15H,4,6,11-12H2,1-3H3. The number of carbonyl (C=O) groups excluding carboxylic acids is 1. The first kappa shape index (κ1) is 21.4. The van der Waals surface area contributed by atoms with Gasteiger partial charge in [0.1, 0.15) is 15.8 Å². The van der Waals surface area contributed by atoms with Crippen molar-refractivity contribution < 1.29 is 14.3 Å². The summed E-state index contributed by atoms with van der Waals surface area (Å²) in [5, 5.41) is 0. The van der Waals surface area contributed by atoms with E-state index < -0.39 is 0 Å². The molecule has 0 spiro atoms. The van der Waals surface area contributed by atoms with Gasteiger partial charge in [-0.2, -0.15) is 0 Å². The van der Waals surface area contributed by atoms with Gasteiger partial charge in [-0.25, -0.2) is 0 Å². The fourth-order valence-corrected chi connectivity index (χ4v) is 4.24. The van der Waals surface area contributed by atoms with Crippen molar-refractivity contribution in [2.75, 3.05) is 19.8 Å². The molecule has 0 radical (unpaired) electrons. The van der Waals surface area contributed by atoms with Crippen molar-refractivity contribution in [2.45, 2.75) is 27.2 Å². The molecule has 1 fully saturated rings. The third-order valence-corrected chi connectivity index (χ3v) is 6.03. The second kappa shape index (κ2) is 9.94. The summed E-state index contributed by atoms with van der Waals surface area (Å²) in [7, 11) is 0. The average molecular weight is 428 g/mol. The van der Waals surface area contributed by atoms with E-state index in [1.54, 1.807) is 4.90 Å². The molecule has 0 N–H and O–H groups in total. The zero-order valence-electron chi connectivity index (χ0n) is 16.9. The normalized spacial score (nSPS) is 15.3. The number of hydrogen-bond donors (Lipinski definition) is 0. The molecule has 1 heterocycles. The summed E-state index contributed by atoms with van der Waals surface area (Å²) < 4.78 is 12.2. The molecule has 0 aromatic heterocycles. The highest BCUT2D eigenvalue weighted by Crippen LogP contribution is 2.32. The third kappa shape index (κ3) is 5.61. The maximum absolute atomic E-state index is 12.3. The molecule has 29 heavy (non-hydrogen) atoms. The van der Waals surface area contributed by atoms with Crippen LogP contribution in [0.4, 0.5) is 0 Å². The number of amides is 1. The number of thioether (sulfide) groups is 1. The highest BCUT2D eigenvalue weighted by Gasteiger charge is 2.30. The lowest BCUT2D eigenvalue weighted by Crippen LogP contribution is -2.27. The predicted octanol–water partition coefficient (Wildman–Crippen LogP) is 5.37. The Morgan fingerprint density at radius 1 is 1.03 bits per heavy atom. The molecule has 1 amide bonds. The summed E-state index contributed by atoms with van der Waals surface area (Å²) in [5.74, 6) is 1.63. The Morgan fingerprint density at radius 2 is 1.76 bits per heavy atom. The number of likely N-dealkylation sites (N-methyl/N-ethyl adjacent to an activating group) is 1. The highest BCUT2D eigenvalue weighted by atomic mass is 32.2. The lowest BCUT2D eigenvalue weighted by atomic mass is 10.1. The van der Waals surface area contributed by atoms with Gasteiger partial charge in [-0.1, -0.05) is 42.2 Å². The van der Waals surface area contributed by atoms with E-state index in [2.05, 4.69) is 26.0 Å². The molecule has 1 aliphatic rings. The Bertz CT molecular complexity index is 939. The number of hydrogen-bond acceptors (Lipinski definition) is 5. The molecule has 0 aliphatic carbocycles. The topological polar surface area (TPSA) is 38.8 Å². The van der Waals surface area contributed by atoms with Crippen molar-refractivity contribution in [3.05, 3.63) is 64.1 Å². The van der Waals surface area contributed by atoms with Crippen molar-refractivity contribution in [1.82, 2.24) is 4.90 Å². The fourth-order valence-electron chi connectivity index (χ4n) is 2.86. The lowest BCUT2D eigenvalue weighted by Gasteiger charge is -2.10. The van der Waals surface area contributed by atoms with Crippen LogP contribution in [-0.2, 0) is 4.79 Å². The maximum Gasteiger partial charge on any atom is 0.266 e. The van der Waals surface area contributed by atoms with E-state index in [4.69, 9.17) is 21.7 Å². The number of aryl methyl sites for hydroxylation is 2. The van der Waals surface area contributed by atoms with Crippen LogP contribution < -0.4 is 9.47 Å². The Labute approximate surface area is 181 Å². The SMILES string of the molecule is CCN1C(=O)C(=Cc2cccc(OCCCOc3ccc(C)c(C)c3)c2)SC1=S. The van der Waals surface area contributed by atoms with Crippen LogP contribution >= 0.6 is 24.0 Å². The van der Waals surface area contributed by atoms with Gasteiger partial charge >= 0.3 is 0 Å². The van der Waals surface area contributed by atoms with Crippen LogP contribution in [0.1, 0.15) is 30.0 Å². The molecular formula is C23H25NO3S2. The first-order chi connectivity index (χ1) is 14.0. The number of carbonyl (C=O) groups is 1. The summed E-state index contributed by atoms with van der Waals surface area (Å²) in [6.07, 6.45) is 2.65. The van der Waals surface area contributed by atoms with Crippen molar-refractivity contribution >= 4 is 40.3 Å². The van der Waals surface area contributed by atoms with E-state index in [0.717, 1.165) is 23.5 Å². The fraction of sp³-hybridized carbons (Fsp3) is 0.304.